The van der Waals surface area contributed by atoms with Crippen LogP contribution in [0, 0.1) is 11.8 Å². The van der Waals surface area contributed by atoms with Crippen molar-refractivity contribution in [3.8, 4) is 0 Å². The molecule has 7 heteroatoms. The Morgan fingerprint density at radius 1 is 1.26 bits per heavy atom. The first-order valence-electron chi connectivity index (χ1n) is 8.00. The van der Waals surface area contributed by atoms with E-state index >= 15 is 0 Å². The van der Waals surface area contributed by atoms with Gasteiger partial charge in [-0.05, 0) is 18.2 Å². The van der Waals surface area contributed by atoms with Gasteiger partial charge in [-0.25, -0.2) is 4.79 Å². The monoisotopic (exact) mass is 353 g/mol. The Morgan fingerprint density at radius 3 is 2.74 bits per heavy atom. The Bertz CT molecular complexity index is 599. The van der Waals surface area contributed by atoms with Crippen LogP contribution < -0.4 is 15.5 Å². The lowest BCUT2D eigenvalue weighted by molar-refractivity contribution is 0.157. The lowest BCUT2D eigenvalue weighted by Crippen LogP contribution is -2.36. The Labute approximate surface area is 145 Å². The molecule has 0 aromatic heterocycles. The minimum Gasteiger partial charge on any atom is -0.381 e. The highest BCUT2D eigenvalue weighted by Gasteiger charge is 2.54. The van der Waals surface area contributed by atoms with Crippen molar-refractivity contribution < 1.29 is 9.53 Å². The summed E-state index contributed by atoms with van der Waals surface area (Å²) in [5, 5.41) is 6.68. The molecule has 4 rings (SSSR count). The van der Waals surface area contributed by atoms with Gasteiger partial charge in [-0.1, -0.05) is 11.6 Å². The van der Waals surface area contributed by atoms with Crippen LogP contribution in [0.1, 0.15) is 0 Å². The molecule has 23 heavy (non-hydrogen) atoms. The van der Waals surface area contributed by atoms with Gasteiger partial charge >= 0.3 is 6.03 Å². The fourth-order valence-corrected chi connectivity index (χ4v) is 4.53. The number of fused-ring (bicyclic) bond motifs is 1. The molecular formula is C16H20ClN3O2S. The smallest absolute Gasteiger partial charge is 0.319 e. The van der Waals surface area contributed by atoms with Crippen molar-refractivity contribution in [2.24, 2.45) is 11.8 Å². The highest BCUT2D eigenvalue weighted by molar-refractivity contribution is 7.99. The summed E-state index contributed by atoms with van der Waals surface area (Å²) in [7, 11) is 0. The molecule has 1 aliphatic carbocycles. The predicted molar refractivity (Wildman–Crippen MR) is 94.7 cm³/mol. The molecule has 1 aromatic carbocycles. The number of nitrogens with one attached hydrogen (secondary N) is 2. The second kappa shape index (κ2) is 6.42. The van der Waals surface area contributed by atoms with Crippen LogP contribution in [0.2, 0.25) is 5.02 Å². The van der Waals surface area contributed by atoms with Crippen LogP contribution in [-0.4, -0.2) is 49.9 Å². The number of halogens is 1. The van der Waals surface area contributed by atoms with E-state index in [0.29, 0.717) is 16.9 Å². The van der Waals surface area contributed by atoms with Crippen molar-refractivity contribution in [3.63, 3.8) is 0 Å². The Hall–Kier alpha value is -1.11. The summed E-state index contributed by atoms with van der Waals surface area (Å²) in [6.45, 7) is 3.52. The SMILES string of the molecule is O=C(Nc1cc(Cl)ccc1N1CCSCC1)NC1[C@H]2COC[C@@H]12. The molecule has 1 saturated carbocycles. The first-order valence-corrected chi connectivity index (χ1v) is 9.53. The molecule has 0 radical (unpaired) electrons. The third-order valence-corrected chi connectivity index (χ3v) is 5.99. The van der Waals surface area contributed by atoms with Gasteiger partial charge in [0.2, 0.25) is 0 Å². The van der Waals surface area contributed by atoms with Gasteiger partial charge in [0.15, 0.2) is 0 Å². The summed E-state index contributed by atoms with van der Waals surface area (Å²) >= 11 is 8.09. The second-order valence-electron chi connectivity index (χ2n) is 6.25. The molecule has 3 fully saturated rings. The maximum atomic E-state index is 12.3. The standard InChI is InChI=1S/C16H20ClN3O2S/c17-10-1-2-14(20-3-5-23-6-4-20)13(7-10)18-16(21)19-15-11-8-22-9-12(11)15/h1-2,7,11-12,15H,3-6,8-9H2,(H2,18,19,21)/t11-,12+,15?. The summed E-state index contributed by atoms with van der Waals surface area (Å²) in [5.41, 5.74) is 1.83. The van der Waals surface area contributed by atoms with Gasteiger partial charge in [0.05, 0.1) is 24.6 Å². The van der Waals surface area contributed by atoms with Gasteiger partial charge in [0.1, 0.15) is 0 Å². The summed E-state index contributed by atoms with van der Waals surface area (Å²) in [6, 6.07) is 5.81. The molecule has 0 spiro atoms. The minimum absolute atomic E-state index is 0.153. The van der Waals surface area contributed by atoms with Gasteiger partial charge in [-0.15, -0.1) is 0 Å². The first-order chi connectivity index (χ1) is 11.2. The van der Waals surface area contributed by atoms with Crippen molar-refractivity contribution in [1.82, 2.24) is 5.32 Å². The van der Waals surface area contributed by atoms with Crippen LogP contribution in [0.4, 0.5) is 16.2 Å². The number of nitrogens with zero attached hydrogens (tertiary/aromatic N) is 1. The summed E-state index contributed by atoms with van der Waals surface area (Å²) in [5.74, 6) is 3.22. The third-order valence-electron chi connectivity index (χ3n) is 4.81. The van der Waals surface area contributed by atoms with Crippen molar-refractivity contribution >= 4 is 40.8 Å². The van der Waals surface area contributed by atoms with Crippen LogP contribution >= 0.6 is 23.4 Å². The lowest BCUT2D eigenvalue weighted by atomic mass is 10.2. The van der Waals surface area contributed by atoms with E-state index in [2.05, 4.69) is 15.5 Å². The highest BCUT2D eigenvalue weighted by atomic mass is 35.5. The zero-order valence-corrected chi connectivity index (χ0v) is 14.3. The average molecular weight is 354 g/mol. The van der Waals surface area contributed by atoms with Gasteiger partial charge in [-0.3, -0.25) is 0 Å². The lowest BCUT2D eigenvalue weighted by Gasteiger charge is -2.30. The number of thioether (sulfide) groups is 1. The van der Waals surface area contributed by atoms with E-state index in [1.165, 1.54) is 0 Å². The maximum absolute atomic E-state index is 12.3. The number of ether oxygens (including phenoxy) is 1. The number of benzene rings is 1. The summed E-state index contributed by atoms with van der Waals surface area (Å²) in [6.07, 6.45) is 0. The molecule has 0 bridgehead atoms. The molecule has 3 atom stereocenters. The predicted octanol–water partition coefficient (Wildman–Crippen LogP) is 2.66. The van der Waals surface area contributed by atoms with Crippen LogP contribution in [0.15, 0.2) is 18.2 Å². The number of anilines is 2. The topological polar surface area (TPSA) is 53.6 Å². The highest BCUT2D eigenvalue weighted by Crippen LogP contribution is 2.44. The van der Waals surface area contributed by atoms with Gasteiger partial charge in [0.25, 0.3) is 0 Å². The molecule has 3 aliphatic rings. The first kappa shape index (κ1) is 15.4. The van der Waals surface area contributed by atoms with E-state index in [1.807, 2.05) is 30.0 Å². The number of rotatable bonds is 3. The fourth-order valence-electron chi connectivity index (χ4n) is 3.45. The molecule has 2 heterocycles. The Kier molecular flexibility index (Phi) is 4.30. The third kappa shape index (κ3) is 3.25. The molecule has 2 saturated heterocycles. The quantitative estimate of drug-likeness (QED) is 0.877. The molecule has 2 N–H and O–H groups in total. The van der Waals surface area contributed by atoms with E-state index in [-0.39, 0.29) is 12.1 Å². The average Bonchev–Trinajstić information content (AvgIpc) is 2.96. The van der Waals surface area contributed by atoms with Gasteiger partial charge < -0.3 is 20.3 Å². The Balaban J connectivity index is 1.44. The van der Waals surface area contributed by atoms with E-state index in [1.54, 1.807) is 0 Å². The van der Waals surface area contributed by atoms with Crippen LogP contribution in [0.5, 0.6) is 0 Å². The number of urea groups is 1. The summed E-state index contributed by atoms with van der Waals surface area (Å²) < 4.78 is 5.35. The number of amides is 2. The summed E-state index contributed by atoms with van der Waals surface area (Å²) in [4.78, 5) is 14.6. The number of hydrogen-bond donors (Lipinski definition) is 2. The van der Waals surface area contributed by atoms with Crippen LogP contribution in [0.3, 0.4) is 0 Å². The zero-order chi connectivity index (χ0) is 15.8. The zero-order valence-electron chi connectivity index (χ0n) is 12.8. The number of carbonyl (C=O) groups excluding carboxylic acids is 1. The molecule has 2 aliphatic heterocycles. The molecular weight excluding hydrogens is 334 g/mol. The van der Waals surface area contributed by atoms with Crippen molar-refractivity contribution in [2.75, 3.05) is 48.0 Å². The Morgan fingerprint density at radius 2 is 2.00 bits per heavy atom. The van der Waals surface area contributed by atoms with E-state index < -0.39 is 0 Å². The number of carbonyl (C=O) groups is 1. The maximum Gasteiger partial charge on any atom is 0.319 e. The molecule has 1 aromatic rings. The molecule has 5 nitrogen and oxygen atoms in total. The van der Waals surface area contributed by atoms with Gasteiger partial charge in [0, 0.05) is 47.5 Å². The van der Waals surface area contributed by atoms with Crippen molar-refractivity contribution in [1.29, 1.82) is 0 Å². The number of hydrogen-bond acceptors (Lipinski definition) is 4. The molecule has 1 unspecified atom stereocenters. The van der Waals surface area contributed by atoms with Crippen molar-refractivity contribution in [3.05, 3.63) is 23.2 Å². The van der Waals surface area contributed by atoms with E-state index in [9.17, 15) is 4.79 Å². The van der Waals surface area contributed by atoms with E-state index in [0.717, 1.165) is 49.2 Å². The van der Waals surface area contributed by atoms with Crippen LogP contribution in [-0.2, 0) is 4.74 Å². The minimum atomic E-state index is -0.153. The van der Waals surface area contributed by atoms with Crippen molar-refractivity contribution in [2.45, 2.75) is 6.04 Å². The molecule has 124 valence electrons. The molecule has 2 amide bonds. The fraction of sp³-hybridized carbons (Fsp3) is 0.562. The van der Waals surface area contributed by atoms with E-state index in [4.69, 9.17) is 16.3 Å². The van der Waals surface area contributed by atoms with Crippen LogP contribution in [0.25, 0.3) is 0 Å². The second-order valence-corrected chi connectivity index (χ2v) is 7.91. The van der Waals surface area contributed by atoms with Gasteiger partial charge in [-0.2, -0.15) is 11.8 Å². The normalized spacial score (nSPS) is 29.1. The largest absolute Gasteiger partial charge is 0.381 e.